The first-order valence-electron chi connectivity index (χ1n) is 5.01. The van der Waals surface area contributed by atoms with Crippen molar-refractivity contribution in [3.05, 3.63) is 23.7 Å². The molecule has 4 nitrogen and oxygen atoms in total. The predicted molar refractivity (Wildman–Crippen MR) is 52.7 cm³/mol. The van der Waals surface area contributed by atoms with E-state index >= 15 is 0 Å². The minimum Gasteiger partial charge on any atom is -0.463 e. The molecule has 0 saturated heterocycles. The summed E-state index contributed by atoms with van der Waals surface area (Å²) in [6, 6.07) is 3.35. The lowest BCUT2D eigenvalue weighted by atomic mass is 9.68. The van der Waals surface area contributed by atoms with Crippen LogP contribution in [0.3, 0.4) is 0 Å². The van der Waals surface area contributed by atoms with Crippen molar-refractivity contribution in [2.24, 2.45) is 0 Å². The standard InChI is InChI=1S/C11H14O4/c1-14-10(13)8-3-4-9(15-8)11(7-12)5-2-6-11/h3-4,12H,2,5-7H2,1H3. The van der Waals surface area contributed by atoms with E-state index in [1.54, 1.807) is 12.1 Å². The van der Waals surface area contributed by atoms with Crippen LogP contribution in [-0.2, 0) is 10.2 Å². The number of carbonyl (C=O) groups is 1. The van der Waals surface area contributed by atoms with Crippen molar-refractivity contribution in [2.75, 3.05) is 13.7 Å². The topological polar surface area (TPSA) is 59.7 Å². The fraction of sp³-hybridized carbons (Fsp3) is 0.545. The van der Waals surface area contributed by atoms with Gasteiger partial charge < -0.3 is 14.3 Å². The highest BCUT2D eigenvalue weighted by Gasteiger charge is 2.41. The number of aliphatic hydroxyl groups is 1. The summed E-state index contributed by atoms with van der Waals surface area (Å²) < 4.78 is 9.95. The Morgan fingerprint density at radius 3 is 2.80 bits per heavy atom. The summed E-state index contributed by atoms with van der Waals surface area (Å²) >= 11 is 0. The van der Waals surface area contributed by atoms with Crippen molar-refractivity contribution < 1.29 is 19.1 Å². The quantitative estimate of drug-likeness (QED) is 0.768. The molecule has 4 heteroatoms. The maximum atomic E-state index is 11.2. The van der Waals surface area contributed by atoms with E-state index in [2.05, 4.69) is 4.74 Å². The first kappa shape index (κ1) is 10.2. The molecule has 0 unspecified atom stereocenters. The summed E-state index contributed by atoms with van der Waals surface area (Å²) in [5.41, 5.74) is -0.258. The lowest BCUT2D eigenvalue weighted by molar-refractivity contribution is 0.0542. The van der Waals surface area contributed by atoms with Crippen molar-refractivity contribution in [1.29, 1.82) is 0 Å². The van der Waals surface area contributed by atoms with E-state index in [0.29, 0.717) is 5.76 Å². The molecule has 0 aliphatic heterocycles. The molecule has 1 aromatic heterocycles. The van der Waals surface area contributed by atoms with Gasteiger partial charge in [-0.3, -0.25) is 0 Å². The van der Waals surface area contributed by atoms with Gasteiger partial charge in [-0.15, -0.1) is 0 Å². The Labute approximate surface area is 87.8 Å². The van der Waals surface area contributed by atoms with Gasteiger partial charge in [0.15, 0.2) is 0 Å². The van der Waals surface area contributed by atoms with Gasteiger partial charge in [-0.2, -0.15) is 0 Å². The first-order valence-corrected chi connectivity index (χ1v) is 5.01. The van der Waals surface area contributed by atoms with Gasteiger partial charge in [0.05, 0.1) is 19.1 Å². The lowest BCUT2D eigenvalue weighted by Gasteiger charge is -2.38. The number of ether oxygens (including phenoxy) is 1. The number of esters is 1. The number of aliphatic hydroxyl groups excluding tert-OH is 1. The minimum absolute atomic E-state index is 0.0706. The Bertz CT molecular complexity index is 357. The zero-order valence-corrected chi connectivity index (χ0v) is 8.66. The van der Waals surface area contributed by atoms with E-state index in [1.165, 1.54) is 7.11 Å². The Balaban J connectivity index is 2.23. The largest absolute Gasteiger partial charge is 0.463 e. The predicted octanol–water partition coefficient (Wildman–Crippen LogP) is 1.48. The van der Waals surface area contributed by atoms with Gasteiger partial charge in [0.25, 0.3) is 0 Å². The van der Waals surface area contributed by atoms with E-state index in [0.717, 1.165) is 19.3 Å². The number of hydrogen-bond acceptors (Lipinski definition) is 4. The van der Waals surface area contributed by atoms with Gasteiger partial charge >= 0.3 is 5.97 Å². The van der Waals surface area contributed by atoms with Crippen molar-refractivity contribution in [1.82, 2.24) is 0 Å². The van der Waals surface area contributed by atoms with Gasteiger partial charge in [0.1, 0.15) is 5.76 Å². The Morgan fingerprint density at radius 1 is 1.60 bits per heavy atom. The molecule has 1 aliphatic carbocycles. The van der Waals surface area contributed by atoms with Gasteiger partial charge in [-0.25, -0.2) is 4.79 Å². The molecular weight excluding hydrogens is 196 g/mol. The summed E-state index contributed by atoms with van der Waals surface area (Å²) in [5.74, 6) is 0.414. The molecule has 2 rings (SSSR count). The zero-order chi connectivity index (χ0) is 10.9. The highest BCUT2D eigenvalue weighted by Crippen LogP contribution is 2.43. The smallest absolute Gasteiger partial charge is 0.373 e. The molecule has 0 radical (unpaired) electrons. The van der Waals surface area contributed by atoms with E-state index in [-0.39, 0.29) is 17.8 Å². The van der Waals surface area contributed by atoms with Crippen LogP contribution in [0.4, 0.5) is 0 Å². The average Bonchev–Trinajstić information content (AvgIpc) is 2.65. The van der Waals surface area contributed by atoms with Crippen molar-refractivity contribution in [2.45, 2.75) is 24.7 Å². The molecule has 0 aromatic carbocycles. The summed E-state index contributed by atoms with van der Waals surface area (Å²) in [6.45, 7) is 0.0706. The van der Waals surface area contributed by atoms with Crippen LogP contribution < -0.4 is 0 Å². The molecule has 0 spiro atoms. The monoisotopic (exact) mass is 210 g/mol. The summed E-state index contributed by atoms with van der Waals surface area (Å²) in [4.78, 5) is 11.2. The SMILES string of the molecule is COC(=O)c1ccc(C2(CO)CCC2)o1. The fourth-order valence-corrected chi connectivity index (χ4v) is 1.92. The number of methoxy groups -OCH3 is 1. The molecule has 15 heavy (non-hydrogen) atoms. The Hall–Kier alpha value is -1.29. The second-order valence-corrected chi connectivity index (χ2v) is 3.95. The summed E-state index contributed by atoms with van der Waals surface area (Å²) in [7, 11) is 1.32. The third kappa shape index (κ3) is 1.55. The average molecular weight is 210 g/mol. The maximum Gasteiger partial charge on any atom is 0.373 e. The first-order chi connectivity index (χ1) is 7.22. The number of hydrogen-bond donors (Lipinski definition) is 1. The molecule has 1 N–H and O–H groups in total. The van der Waals surface area contributed by atoms with Crippen LogP contribution in [0.15, 0.2) is 16.5 Å². The highest BCUT2D eigenvalue weighted by molar-refractivity contribution is 5.86. The van der Waals surface area contributed by atoms with Crippen LogP contribution in [0.2, 0.25) is 0 Å². The van der Waals surface area contributed by atoms with Gasteiger partial charge in [0, 0.05) is 0 Å². The molecule has 1 heterocycles. The number of rotatable bonds is 3. The maximum absolute atomic E-state index is 11.2. The molecule has 0 atom stereocenters. The molecule has 0 amide bonds. The summed E-state index contributed by atoms with van der Waals surface area (Å²) in [6.07, 6.45) is 2.92. The Morgan fingerprint density at radius 2 is 2.33 bits per heavy atom. The van der Waals surface area contributed by atoms with E-state index in [1.807, 2.05) is 0 Å². The number of carbonyl (C=O) groups excluding carboxylic acids is 1. The fourth-order valence-electron chi connectivity index (χ4n) is 1.92. The highest BCUT2D eigenvalue weighted by atomic mass is 16.5. The molecule has 0 bridgehead atoms. The zero-order valence-electron chi connectivity index (χ0n) is 8.66. The molecule has 1 fully saturated rings. The Kier molecular flexibility index (Phi) is 2.52. The second-order valence-electron chi connectivity index (χ2n) is 3.95. The van der Waals surface area contributed by atoms with E-state index < -0.39 is 5.97 Å². The van der Waals surface area contributed by atoms with Crippen LogP contribution in [0.25, 0.3) is 0 Å². The van der Waals surface area contributed by atoms with Crippen molar-refractivity contribution in [3.8, 4) is 0 Å². The van der Waals surface area contributed by atoms with Gasteiger partial charge in [0.2, 0.25) is 5.76 Å². The van der Waals surface area contributed by atoms with Gasteiger partial charge in [-0.05, 0) is 25.0 Å². The van der Waals surface area contributed by atoms with Crippen molar-refractivity contribution >= 4 is 5.97 Å². The molecule has 1 aliphatic rings. The van der Waals surface area contributed by atoms with E-state index in [4.69, 9.17) is 4.42 Å². The van der Waals surface area contributed by atoms with E-state index in [9.17, 15) is 9.90 Å². The molecule has 1 saturated carbocycles. The minimum atomic E-state index is -0.478. The molecular formula is C11H14O4. The van der Waals surface area contributed by atoms with Crippen LogP contribution in [-0.4, -0.2) is 24.8 Å². The normalized spacial score (nSPS) is 18.3. The third-order valence-corrected chi connectivity index (χ3v) is 3.13. The molecule has 1 aromatic rings. The van der Waals surface area contributed by atoms with Crippen LogP contribution in [0, 0.1) is 0 Å². The van der Waals surface area contributed by atoms with Crippen LogP contribution in [0.5, 0.6) is 0 Å². The van der Waals surface area contributed by atoms with Crippen LogP contribution >= 0.6 is 0 Å². The number of furan rings is 1. The summed E-state index contributed by atoms with van der Waals surface area (Å²) in [5, 5.41) is 9.32. The van der Waals surface area contributed by atoms with Crippen molar-refractivity contribution in [3.63, 3.8) is 0 Å². The van der Waals surface area contributed by atoms with Gasteiger partial charge in [-0.1, -0.05) is 6.42 Å². The third-order valence-electron chi connectivity index (χ3n) is 3.13. The van der Waals surface area contributed by atoms with Crippen LogP contribution in [0.1, 0.15) is 35.6 Å². The lowest BCUT2D eigenvalue weighted by Crippen LogP contribution is -2.37. The molecule has 82 valence electrons. The second kappa shape index (κ2) is 3.70.